The Morgan fingerprint density at radius 2 is 1.90 bits per heavy atom. The van der Waals surface area contributed by atoms with Gasteiger partial charge in [0.05, 0.1) is 0 Å². The molecule has 0 unspecified atom stereocenters. The van der Waals surface area contributed by atoms with Crippen LogP contribution in [0.4, 0.5) is 4.79 Å². The summed E-state index contributed by atoms with van der Waals surface area (Å²) in [6, 6.07) is -1.43. The Labute approximate surface area is 118 Å². The number of hydrogen-bond acceptors (Lipinski definition) is 3. The molecule has 1 rings (SSSR count). The Hall–Kier alpha value is -1.79. The molecule has 7 heteroatoms. The van der Waals surface area contributed by atoms with Gasteiger partial charge in [-0.1, -0.05) is 13.3 Å². The molecule has 0 bridgehead atoms. The molecule has 0 aliphatic carbocycles. The summed E-state index contributed by atoms with van der Waals surface area (Å²) in [5.74, 6) is -1.15. The van der Waals surface area contributed by atoms with E-state index in [1.54, 1.807) is 4.90 Å². The van der Waals surface area contributed by atoms with Crippen LogP contribution in [0.15, 0.2) is 0 Å². The van der Waals surface area contributed by atoms with Crippen LogP contribution in [0.2, 0.25) is 0 Å². The molecule has 1 saturated heterocycles. The highest BCUT2D eigenvalue weighted by Gasteiger charge is 2.24. The molecule has 1 aliphatic heterocycles. The molecular weight excluding hydrogens is 262 g/mol. The predicted molar refractivity (Wildman–Crippen MR) is 73.3 cm³/mol. The van der Waals surface area contributed by atoms with Crippen molar-refractivity contribution in [2.75, 3.05) is 26.7 Å². The minimum absolute atomic E-state index is 0.0235. The second-order valence-corrected chi connectivity index (χ2v) is 5.07. The Bertz CT molecular complexity index is 367. The van der Waals surface area contributed by atoms with Crippen LogP contribution >= 0.6 is 0 Å². The van der Waals surface area contributed by atoms with Crippen molar-refractivity contribution in [3.8, 4) is 0 Å². The third-order valence-corrected chi connectivity index (χ3v) is 3.35. The fourth-order valence-electron chi connectivity index (χ4n) is 2.15. The number of urea groups is 1. The van der Waals surface area contributed by atoms with Crippen LogP contribution in [-0.2, 0) is 9.59 Å². The zero-order valence-corrected chi connectivity index (χ0v) is 12.1. The molecule has 0 aromatic rings. The topological polar surface area (TPSA) is 90.0 Å². The van der Waals surface area contributed by atoms with E-state index in [0.29, 0.717) is 12.8 Å². The van der Waals surface area contributed by atoms with Gasteiger partial charge in [-0.15, -0.1) is 0 Å². The summed E-state index contributed by atoms with van der Waals surface area (Å²) in [7, 11) is 1.49. The van der Waals surface area contributed by atoms with E-state index >= 15 is 0 Å². The molecule has 1 aliphatic rings. The Morgan fingerprint density at radius 3 is 2.40 bits per heavy atom. The summed E-state index contributed by atoms with van der Waals surface area (Å²) in [6.45, 7) is 3.30. The number of rotatable bonds is 6. The Kier molecular flexibility index (Phi) is 6.27. The van der Waals surface area contributed by atoms with Crippen molar-refractivity contribution in [3.63, 3.8) is 0 Å². The van der Waals surface area contributed by atoms with Crippen LogP contribution in [-0.4, -0.2) is 65.5 Å². The van der Waals surface area contributed by atoms with E-state index in [9.17, 15) is 14.4 Å². The number of nitrogens with one attached hydrogen (secondary N) is 1. The molecule has 0 spiro atoms. The summed E-state index contributed by atoms with van der Waals surface area (Å²) in [5.41, 5.74) is 0. The number of nitrogens with zero attached hydrogens (tertiary/aromatic N) is 2. The Morgan fingerprint density at radius 1 is 1.30 bits per heavy atom. The van der Waals surface area contributed by atoms with E-state index in [1.807, 2.05) is 6.92 Å². The molecule has 0 radical (unpaired) electrons. The first kappa shape index (κ1) is 16.3. The molecular formula is C13H23N3O4. The van der Waals surface area contributed by atoms with Crippen LogP contribution in [0, 0.1) is 0 Å². The van der Waals surface area contributed by atoms with Crippen LogP contribution in [0.3, 0.4) is 0 Å². The summed E-state index contributed by atoms with van der Waals surface area (Å²) in [6.07, 6.45) is 3.03. The molecule has 1 fully saturated rings. The van der Waals surface area contributed by atoms with Gasteiger partial charge in [0.25, 0.3) is 0 Å². The SMILES string of the molecule is CCC[C@@H](NC(=O)N(C)CC(=O)N1CCCC1)C(=O)O. The first-order valence-corrected chi connectivity index (χ1v) is 6.98. The monoisotopic (exact) mass is 285 g/mol. The van der Waals surface area contributed by atoms with Crippen molar-refractivity contribution >= 4 is 17.9 Å². The fourth-order valence-corrected chi connectivity index (χ4v) is 2.15. The largest absolute Gasteiger partial charge is 0.480 e. The number of aliphatic carboxylic acids is 1. The summed E-state index contributed by atoms with van der Waals surface area (Å²) in [5, 5.41) is 11.4. The molecule has 1 heterocycles. The Balaban J connectivity index is 2.44. The lowest BCUT2D eigenvalue weighted by Crippen LogP contribution is -2.49. The van der Waals surface area contributed by atoms with Crippen molar-refractivity contribution in [2.24, 2.45) is 0 Å². The number of carbonyl (C=O) groups excluding carboxylic acids is 2. The van der Waals surface area contributed by atoms with Gasteiger partial charge >= 0.3 is 12.0 Å². The first-order valence-electron chi connectivity index (χ1n) is 6.98. The maximum atomic E-state index is 11.9. The number of hydrogen-bond donors (Lipinski definition) is 2. The standard InChI is InChI=1S/C13H23N3O4/c1-3-6-10(12(18)19)14-13(20)15(2)9-11(17)16-7-4-5-8-16/h10H,3-9H2,1-2H3,(H,14,20)(H,18,19)/t10-/m1/s1. The zero-order chi connectivity index (χ0) is 15.1. The second kappa shape index (κ2) is 7.72. The normalized spacial score (nSPS) is 15.8. The molecule has 0 aromatic heterocycles. The van der Waals surface area contributed by atoms with Crippen LogP contribution in [0.5, 0.6) is 0 Å². The molecule has 0 saturated carbocycles. The zero-order valence-electron chi connectivity index (χ0n) is 12.1. The first-order chi connectivity index (χ1) is 9.45. The van der Waals surface area contributed by atoms with Crippen molar-refractivity contribution in [1.29, 1.82) is 0 Å². The number of carbonyl (C=O) groups is 3. The lowest BCUT2D eigenvalue weighted by atomic mass is 10.2. The number of carboxylic acids is 1. The highest BCUT2D eigenvalue weighted by atomic mass is 16.4. The smallest absolute Gasteiger partial charge is 0.326 e. The van der Waals surface area contributed by atoms with Gasteiger partial charge in [-0.25, -0.2) is 9.59 Å². The highest BCUT2D eigenvalue weighted by molar-refractivity contribution is 5.86. The highest BCUT2D eigenvalue weighted by Crippen LogP contribution is 2.08. The second-order valence-electron chi connectivity index (χ2n) is 5.07. The van der Waals surface area contributed by atoms with Crippen molar-refractivity contribution in [2.45, 2.75) is 38.6 Å². The summed E-state index contributed by atoms with van der Waals surface area (Å²) < 4.78 is 0. The summed E-state index contributed by atoms with van der Waals surface area (Å²) >= 11 is 0. The van der Waals surface area contributed by atoms with Gasteiger partial charge in [0.2, 0.25) is 5.91 Å². The van der Waals surface area contributed by atoms with E-state index in [-0.39, 0.29) is 12.5 Å². The molecule has 20 heavy (non-hydrogen) atoms. The van der Waals surface area contributed by atoms with E-state index in [0.717, 1.165) is 25.9 Å². The van der Waals surface area contributed by atoms with Crippen molar-refractivity contribution < 1.29 is 19.5 Å². The van der Waals surface area contributed by atoms with Crippen LogP contribution in [0.25, 0.3) is 0 Å². The lowest BCUT2D eigenvalue weighted by molar-refractivity contribution is -0.139. The van der Waals surface area contributed by atoms with Gasteiger partial charge < -0.3 is 20.2 Å². The third kappa shape index (κ3) is 4.71. The molecule has 0 aromatic carbocycles. The summed E-state index contributed by atoms with van der Waals surface area (Å²) in [4.78, 5) is 37.7. The van der Waals surface area contributed by atoms with E-state index in [4.69, 9.17) is 5.11 Å². The average molecular weight is 285 g/mol. The number of likely N-dealkylation sites (N-methyl/N-ethyl adjacent to an activating group) is 1. The molecule has 3 amide bonds. The maximum Gasteiger partial charge on any atom is 0.326 e. The van der Waals surface area contributed by atoms with E-state index in [1.165, 1.54) is 11.9 Å². The van der Waals surface area contributed by atoms with Crippen LogP contribution < -0.4 is 5.32 Å². The predicted octanol–water partition coefficient (Wildman–Crippen LogP) is 0.504. The van der Waals surface area contributed by atoms with Gasteiger partial charge in [0.15, 0.2) is 0 Å². The minimum atomic E-state index is -1.06. The molecule has 2 N–H and O–H groups in total. The van der Waals surface area contributed by atoms with Crippen molar-refractivity contribution in [3.05, 3.63) is 0 Å². The molecule has 114 valence electrons. The number of amides is 3. The van der Waals surface area contributed by atoms with E-state index < -0.39 is 18.0 Å². The molecule has 7 nitrogen and oxygen atoms in total. The lowest BCUT2D eigenvalue weighted by Gasteiger charge is -2.23. The fraction of sp³-hybridized carbons (Fsp3) is 0.769. The van der Waals surface area contributed by atoms with Gasteiger partial charge in [-0.05, 0) is 19.3 Å². The number of carboxylic acid groups (broad SMARTS) is 1. The maximum absolute atomic E-state index is 11.9. The molecule has 1 atom stereocenters. The van der Waals surface area contributed by atoms with Gasteiger partial charge in [0.1, 0.15) is 12.6 Å². The van der Waals surface area contributed by atoms with Gasteiger partial charge in [-0.3, -0.25) is 4.79 Å². The number of likely N-dealkylation sites (tertiary alicyclic amines) is 1. The quantitative estimate of drug-likeness (QED) is 0.743. The minimum Gasteiger partial charge on any atom is -0.480 e. The van der Waals surface area contributed by atoms with Crippen molar-refractivity contribution in [1.82, 2.24) is 15.1 Å². The van der Waals surface area contributed by atoms with E-state index in [2.05, 4.69) is 5.32 Å². The van der Waals surface area contributed by atoms with Crippen LogP contribution in [0.1, 0.15) is 32.6 Å². The third-order valence-electron chi connectivity index (χ3n) is 3.35. The van der Waals surface area contributed by atoms with Gasteiger partial charge in [-0.2, -0.15) is 0 Å². The van der Waals surface area contributed by atoms with Gasteiger partial charge in [0, 0.05) is 20.1 Å². The average Bonchev–Trinajstić information content (AvgIpc) is 2.91.